The molecule has 0 saturated carbocycles. The molecule has 1 aliphatic heterocycles. The van der Waals surface area contributed by atoms with Gasteiger partial charge in [-0.3, -0.25) is 10.1 Å². The Kier molecular flexibility index (Phi) is 8.39. The summed E-state index contributed by atoms with van der Waals surface area (Å²) < 4.78 is 12.5. The number of nitro groups is 1. The quantitative estimate of drug-likeness (QED) is 0.162. The highest BCUT2D eigenvalue weighted by atomic mass is 16.6. The molecule has 0 atom stereocenters. The molecule has 1 aromatic heterocycles. The fourth-order valence-corrected chi connectivity index (χ4v) is 4.57. The van der Waals surface area contributed by atoms with Crippen molar-refractivity contribution in [1.29, 1.82) is 0 Å². The molecule has 40 heavy (non-hydrogen) atoms. The number of nitrogens with zero attached hydrogens (tertiary/aromatic N) is 3. The van der Waals surface area contributed by atoms with Gasteiger partial charge in [0, 0.05) is 40.9 Å². The number of esters is 2. The minimum absolute atomic E-state index is 0.0394. The fourth-order valence-electron chi connectivity index (χ4n) is 4.57. The van der Waals surface area contributed by atoms with Crippen LogP contribution in [0.4, 0.5) is 5.69 Å². The monoisotopic (exact) mass is 540 g/mol. The number of allylic oxidation sites excluding steroid dienone is 2. The number of ether oxygens (including phenoxy) is 2. The second-order valence-electron chi connectivity index (χ2n) is 8.93. The van der Waals surface area contributed by atoms with Crippen molar-refractivity contribution in [2.24, 2.45) is 0 Å². The van der Waals surface area contributed by atoms with Crippen LogP contribution in [-0.2, 0) is 19.1 Å². The van der Waals surface area contributed by atoms with Crippen molar-refractivity contribution >= 4 is 17.6 Å². The zero-order chi connectivity index (χ0) is 28.8. The molecule has 0 fully saturated rings. The van der Waals surface area contributed by atoms with Gasteiger partial charge < -0.3 is 14.8 Å². The smallest absolute Gasteiger partial charge is 0.337 e. The summed E-state index contributed by atoms with van der Waals surface area (Å²) in [6.45, 7) is 10.6. The molecule has 0 spiro atoms. The first-order valence-electron chi connectivity index (χ1n) is 12.4. The maximum Gasteiger partial charge on any atom is 0.337 e. The van der Waals surface area contributed by atoms with Gasteiger partial charge in [0.05, 0.1) is 33.4 Å². The van der Waals surface area contributed by atoms with Crippen LogP contribution >= 0.6 is 0 Å². The highest BCUT2D eigenvalue weighted by Gasteiger charge is 2.40. The number of dihydropyridines is 1. The van der Waals surface area contributed by atoms with Crippen LogP contribution in [0.25, 0.3) is 16.9 Å². The predicted molar refractivity (Wildman–Crippen MR) is 149 cm³/mol. The summed E-state index contributed by atoms with van der Waals surface area (Å²) in [5.41, 5.74) is 3.15. The average Bonchev–Trinajstić information content (AvgIpc) is 3.40. The fraction of sp³-hybridized carbons (Fsp3) is 0.167. The summed E-state index contributed by atoms with van der Waals surface area (Å²) in [7, 11) is 0. The van der Waals surface area contributed by atoms with Crippen LogP contribution in [0.2, 0.25) is 0 Å². The number of rotatable bonds is 10. The highest BCUT2D eigenvalue weighted by Crippen LogP contribution is 2.43. The maximum absolute atomic E-state index is 13.4. The summed E-state index contributed by atoms with van der Waals surface area (Å²) in [5, 5.41) is 19.5. The van der Waals surface area contributed by atoms with Crippen molar-refractivity contribution in [3.05, 3.63) is 124 Å². The number of hydrogen-bond donors (Lipinski definition) is 1. The van der Waals surface area contributed by atoms with E-state index in [1.807, 2.05) is 30.3 Å². The van der Waals surface area contributed by atoms with E-state index in [2.05, 4.69) is 18.5 Å². The van der Waals surface area contributed by atoms with Crippen molar-refractivity contribution in [3.8, 4) is 16.9 Å². The molecular weight excluding hydrogens is 512 g/mol. The first-order valence-corrected chi connectivity index (χ1v) is 12.4. The Balaban J connectivity index is 2.01. The van der Waals surface area contributed by atoms with Gasteiger partial charge in [0.25, 0.3) is 5.69 Å². The molecule has 1 N–H and O–H groups in total. The van der Waals surface area contributed by atoms with E-state index in [0.717, 1.165) is 0 Å². The molecular formula is C30H28N4O6. The molecule has 204 valence electrons. The zero-order valence-corrected chi connectivity index (χ0v) is 22.1. The molecule has 0 unspecified atom stereocenters. The molecule has 0 saturated heterocycles. The largest absolute Gasteiger partial charge is 0.458 e. The third-order valence-electron chi connectivity index (χ3n) is 6.27. The molecule has 2 heterocycles. The Morgan fingerprint density at radius 3 is 2.15 bits per heavy atom. The second-order valence-corrected chi connectivity index (χ2v) is 8.93. The minimum atomic E-state index is -0.970. The van der Waals surface area contributed by atoms with Gasteiger partial charge in [0.1, 0.15) is 13.2 Å². The van der Waals surface area contributed by atoms with Crippen molar-refractivity contribution in [3.63, 3.8) is 0 Å². The Labute approximate surface area is 231 Å². The lowest BCUT2D eigenvalue weighted by Gasteiger charge is -2.30. The summed E-state index contributed by atoms with van der Waals surface area (Å²) >= 11 is 0. The summed E-state index contributed by atoms with van der Waals surface area (Å²) in [6.07, 6.45) is 4.60. The zero-order valence-electron chi connectivity index (χ0n) is 22.1. The van der Waals surface area contributed by atoms with Gasteiger partial charge in [-0.1, -0.05) is 55.6 Å². The Hall–Kier alpha value is -5.25. The molecule has 0 aliphatic carbocycles. The van der Waals surface area contributed by atoms with Crippen molar-refractivity contribution in [2.75, 3.05) is 13.2 Å². The van der Waals surface area contributed by atoms with Gasteiger partial charge in [0.2, 0.25) is 0 Å². The molecule has 10 nitrogen and oxygen atoms in total. The lowest BCUT2D eigenvalue weighted by Crippen LogP contribution is -2.32. The van der Waals surface area contributed by atoms with E-state index in [-0.39, 0.29) is 30.0 Å². The van der Waals surface area contributed by atoms with Gasteiger partial charge in [-0.25, -0.2) is 14.3 Å². The van der Waals surface area contributed by atoms with Gasteiger partial charge in [0.15, 0.2) is 0 Å². The third kappa shape index (κ3) is 5.60. The summed E-state index contributed by atoms with van der Waals surface area (Å²) in [5.74, 6) is -2.29. The van der Waals surface area contributed by atoms with Crippen LogP contribution in [-0.4, -0.2) is 39.9 Å². The SMILES string of the molecule is C=CCOC(=O)C1=C(C)NC(C)=C(C(=O)OCC=C)C1c1cn(-c2ccccc2)nc1-c1cccc([N+](=O)[O-])c1. The number of para-hydroxylation sites is 1. The number of benzene rings is 2. The van der Waals surface area contributed by atoms with Crippen molar-refractivity contribution in [1.82, 2.24) is 15.1 Å². The third-order valence-corrected chi connectivity index (χ3v) is 6.27. The average molecular weight is 541 g/mol. The summed E-state index contributed by atoms with van der Waals surface area (Å²) in [6, 6.07) is 15.3. The molecule has 0 radical (unpaired) electrons. The van der Waals surface area contributed by atoms with Gasteiger partial charge in [-0.2, -0.15) is 5.10 Å². The van der Waals surface area contributed by atoms with Gasteiger partial charge in [-0.05, 0) is 26.0 Å². The van der Waals surface area contributed by atoms with E-state index < -0.39 is 22.8 Å². The molecule has 10 heteroatoms. The minimum Gasteiger partial charge on any atom is -0.458 e. The number of aromatic nitrogens is 2. The van der Waals surface area contributed by atoms with E-state index >= 15 is 0 Å². The number of hydrogen-bond acceptors (Lipinski definition) is 8. The van der Waals surface area contributed by atoms with E-state index in [9.17, 15) is 19.7 Å². The summed E-state index contributed by atoms with van der Waals surface area (Å²) in [4.78, 5) is 38.0. The number of carbonyl (C=O) groups is 2. The van der Waals surface area contributed by atoms with Crippen LogP contribution in [0.5, 0.6) is 0 Å². The number of nitro benzene ring substituents is 1. The number of nitrogens with one attached hydrogen (secondary N) is 1. The van der Waals surface area contributed by atoms with Crippen LogP contribution in [0, 0.1) is 10.1 Å². The predicted octanol–water partition coefficient (Wildman–Crippen LogP) is 5.14. The number of non-ortho nitro benzene ring substituents is 1. The van der Waals surface area contributed by atoms with Crippen LogP contribution in [0.1, 0.15) is 25.3 Å². The molecule has 0 amide bonds. The highest BCUT2D eigenvalue weighted by molar-refractivity contribution is 6.00. The second kappa shape index (κ2) is 12.1. The van der Waals surface area contributed by atoms with Crippen molar-refractivity contribution < 1.29 is 24.0 Å². The van der Waals surface area contributed by atoms with E-state index in [4.69, 9.17) is 14.6 Å². The van der Waals surface area contributed by atoms with E-state index in [1.165, 1.54) is 24.3 Å². The molecule has 4 rings (SSSR count). The molecule has 1 aliphatic rings. The van der Waals surface area contributed by atoms with Crippen LogP contribution in [0.3, 0.4) is 0 Å². The Morgan fingerprint density at radius 1 is 1.00 bits per heavy atom. The topological polar surface area (TPSA) is 126 Å². The van der Waals surface area contributed by atoms with E-state index in [1.54, 1.807) is 36.9 Å². The van der Waals surface area contributed by atoms with Crippen molar-refractivity contribution in [2.45, 2.75) is 19.8 Å². The van der Waals surface area contributed by atoms with Gasteiger partial charge in [-0.15, -0.1) is 0 Å². The number of carbonyl (C=O) groups excluding carboxylic acids is 2. The molecule has 2 aromatic carbocycles. The first-order chi connectivity index (χ1) is 19.3. The Bertz CT molecular complexity index is 1510. The lowest BCUT2D eigenvalue weighted by atomic mass is 9.79. The molecule has 3 aromatic rings. The van der Waals surface area contributed by atoms with E-state index in [0.29, 0.717) is 33.9 Å². The van der Waals surface area contributed by atoms with Crippen LogP contribution < -0.4 is 5.32 Å². The first kappa shape index (κ1) is 27.8. The van der Waals surface area contributed by atoms with Gasteiger partial charge >= 0.3 is 11.9 Å². The maximum atomic E-state index is 13.4. The standard InChI is InChI=1S/C30H28N4O6/c1-5-15-39-29(35)25-19(3)31-20(4)26(30(36)40-16-6-2)27(25)24-18-33(22-12-8-7-9-13-22)32-28(24)21-11-10-14-23(17-21)34(37)38/h5-14,17-18,27,31H,1-2,15-16H2,3-4H3. The Morgan fingerprint density at radius 2 is 1.60 bits per heavy atom. The normalized spacial score (nSPS) is 13.4. The lowest BCUT2D eigenvalue weighted by molar-refractivity contribution is -0.384. The van der Waals surface area contributed by atoms with Crippen LogP contribution in [0.15, 0.2) is 109 Å². The molecule has 0 bridgehead atoms.